The highest BCUT2D eigenvalue weighted by atomic mass is 32.1. The number of aromatic nitrogens is 1. The van der Waals surface area contributed by atoms with Gasteiger partial charge in [0.1, 0.15) is 0 Å². The number of carbonyl (C=O) groups is 1. The van der Waals surface area contributed by atoms with Crippen LogP contribution < -0.4 is 11.1 Å². The molecule has 0 aliphatic heterocycles. The summed E-state index contributed by atoms with van der Waals surface area (Å²) >= 11 is 5.04. The number of nitrogens with two attached hydrogens (primary N) is 1. The predicted molar refractivity (Wildman–Crippen MR) is 75.9 cm³/mol. The van der Waals surface area contributed by atoms with Crippen molar-refractivity contribution >= 4 is 23.1 Å². The molecule has 1 heterocycles. The molecule has 0 saturated carbocycles. The first-order chi connectivity index (χ1) is 8.56. The molecule has 0 fully saturated rings. The maximum Gasteiger partial charge on any atom is 0.233 e. The number of thiocarbonyl (C=S) groups is 1. The van der Waals surface area contributed by atoms with Crippen LogP contribution in [-0.2, 0) is 11.3 Å². The van der Waals surface area contributed by atoms with Crippen LogP contribution in [0.4, 0.5) is 0 Å². The first kappa shape index (κ1) is 14.6. The molecular weight excluding hydrogens is 246 g/mol. The van der Waals surface area contributed by atoms with Crippen molar-refractivity contribution in [2.45, 2.75) is 33.2 Å². The van der Waals surface area contributed by atoms with Gasteiger partial charge in [0.05, 0.1) is 10.4 Å². The van der Waals surface area contributed by atoms with E-state index >= 15 is 0 Å². The topological polar surface area (TPSA) is 68.0 Å². The third-order valence-electron chi connectivity index (χ3n) is 3.29. The molecule has 0 radical (unpaired) electrons. The van der Waals surface area contributed by atoms with Gasteiger partial charge in [-0.3, -0.25) is 9.78 Å². The Bertz CT molecular complexity index is 416. The lowest BCUT2D eigenvalue weighted by molar-refractivity contribution is -0.128. The molecule has 0 saturated heterocycles. The van der Waals surface area contributed by atoms with Crippen LogP contribution in [0.3, 0.4) is 0 Å². The average molecular weight is 265 g/mol. The monoisotopic (exact) mass is 265 g/mol. The van der Waals surface area contributed by atoms with Gasteiger partial charge in [-0.1, -0.05) is 32.1 Å². The Labute approximate surface area is 113 Å². The van der Waals surface area contributed by atoms with Crippen molar-refractivity contribution in [3.8, 4) is 0 Å². The smallest absolute Gasteiger partial charge is 0.233 e. The highest BCUT2D eigenvalue weighted by Crippen LogP contribution is 2.27. The molecule has 0 bridgehead atoms. The third-order valence-corrected chi connectivity index (χ3v) is 3.68. The van der Waals surface area contributed by atoms with Crippen molar-refractivity contribution < 1.29 is 4.79 Å². The van der Waals surface area contributed by atoms with Gasteiger partial charge in [-0.15, -0.1) is 0 Å². The third kappa shape index (κ3) is 3.04. The molecule has 1 aromatic rings. The molecule has 5 heteroatoms. The van der Waals surface area contributed by atoms with Crippen LogP contribution in [0.2, 0.25) is 0 Å². The number of nitrogens with one attached hydrogen (secondary N) is 1. The fourth-order valence-corrected chi connectivity index (χ4v) is 2.27. The molecule has 98 valence electrons. The number of carbonyl (C=O) groups excluding carboxylic acids is 1. The minimum atomic E-state index is -0.739. The number of pyridine rings is 1. The summed E-state index contributed by atoms with van der Waals surface area (Å²) in [5, 5.41) is 2.88. The molecule has 0 aliphatic rings. The number of hydrogen-bond acceptors (Lipinski definition) is 3. The fraction of sp³-hybridized carbons (Fsp3) is 0.462. The van der Waals surface area contributed by atoms with Crippen molar-refractivity contribution in [2.24, 2.45) is 11.1 Å². The molecule has 18 heavy (non-hydrogen) atoms. The average Bonchev–Trinajstić information content (AvgIpc) is 2.39. The largest absolute Gasteiger partial charge is 0.392 e. The van der Waals surface area contributed by atoms with Crippen molar-refractivity contribution in [3.05, 3.63) is 30.1 Å². The maximum absolute atomic E-state index is 12.2. The molecule has 1 rings (SSSR count). The van der Waals surface area contributed by atoms with Crippen LogP contribution >= 0.6 is 12.2 Å². The molecule has 0 aromatic carbocycles. The molecule has 1 aromatic heterocycles. The Balaban J connectivity index is 2.72. The van der Waals surface area contributed by atoms with Gasteiger partial charge in [0, 0.05) is 18.9 Å². The van der Waals surface area contributed by atoms with Crippen LogP contribution in [0.15, 0.2) is 24.5 Å². The van der Waals surface area contributed by atoms with Gasteiger partial charge in [-0.2, -0.15) is 0 Å². The summed E-state index contributed by atoms with van der Waals surface area (Å²) in [4.78, 5) is 16.5. The first-order valence-corrected chi connectivity index (χ1v) is 6.44. The zero-order valence-electron chi connectivity index (χ0n) is 10.8. The SMILES string of the molecule is CCC(CC)(C(=O)NCc1cccnc1)C(N)=S. The zero-order chi connectivity index (χ0) is 13.6. The molecule has 1 amide bonds. The van der Waals surface area contributed by atoms with Crippen LogP contribution in [0.1, 0.15) is 32.3 Å². The van der Waals surface area contributed by atoms with Crippen LogP contribution in [0.25, 0.3) is 0 Å². The summed E-state index contributed by atoms with van der Waals surface area (Å²) in [7, 11) is 0. The van der Waals surface area contributed by atoms with Crippen molar-refractivity contribution in [1.29, 1.82) is 0 Å². The number of nitrogens with zero attached hydrogens (tertiary/aromatic N) is 1. The van der Waals surface area contributed by atoms with E-state index in [4.69, 9.17) is 18.0 Å². The molecule has 0 unspecified atom stereocenters. The Morgan fingerprint density at radius 2 is 2.17 bits per heavy atom. The second-order valence-corrected chi connectivity index (χ2v) is 4.64. The van der Waals surface area contributed by atoms with E-state index in [9.17, 15) is 4.79 Å². The van der Waals surface area contributed by atoms with E-state index in [1.165, 1.54) is 0 Å². The van der Waals surface area contributed by atoms with Gasteiger partial charge < -0.3 is 11.1 Å². The molecule has 0 aliphatic carbocycles. The Morgan fingerprint density at radius 1 is 1.50 bits per heavy atom. The number of amides is 1. The molecule has 4 nitrogen and oxygen atoms in total. The van der Waals surface area contributed by atoms with Gasteiger partial charge in [-0.05, 0) is 24.5 Å². The van der Waals surface area contributed by atoms with E-state index in [2.05, 4.69) is 10.3 Å². The summed E-state index contributed by atoms with van der Waals surface area (Å²) in [6.07, 6.45) is 4.64. The van der Waals surface area contributed by atoms with Crippen LogP contribution in [0.5, 0.6) is 0 Å². The van der Waals surface area contributed by atoms with Crippen molar-refractivity contribution in [2.75, 3.05) is 0 Å². The minimum absolute atomic E-state index is 0.108. The Hall–Kier alpha value is -1.49. The molecule has 0 atom stereocenters. The highest BCUT2D eigenvalue weighted by molar-refractivity contribution is 7.80. The van der Waals surface area contributed by atoms with Gasteiger partial charge in [-0.25, -0.2) is 0 Å². The highest BCUT2D eigenvalue weighted by Gasteiger charge is 2.37. The summed E-state index contributed by atoms with van der Waals surface area (Å²) in [5.74, 6) is -0.108. The normalized spacial score (nSPS) is 11.0. The summed E-state index contributed by atoms with van der Waals surface area (Å²) in [6.45, 7) is 4.29. The Morgan fingerprint density at radius 3 is 2.61 bits per heavy atom. The first-order valence-electron chi connectivity index (χ1n) is 6.04. The lowest BCUT2D eigenvalue weighted by Crippen LogP contribution is -2.48. The number of rotatable bonds is 6. The minimum Gasteiger partial charge on any atom is -0.392 e. The Kier molecular flexibility index (Phi) is 5.22. The summed E-state index contributed by atoms with van der Waals surface area (Å²) in [5.41, 5.74) is 5.94. The van der Waals surface area contributed by atoms with Gasteiger partial charge in [0.15, 0.2) is 0 Å². The van der Waals surface area contributed by atoms with E-state index in [1.54, 1.807) is 12.4 Å². The van der Waals surface area contributed by atoms with Crippen molar-refractivity contribution in [3.63, 3.8) is 0 Å². The van der Waals surface area contributed by atoms with Crippen molar-refractivity contribution in [1.82, 2.24) is 10.3 Å². The molecule has 0 spiro atoms. The molecule has 3 N–H and O–H groups in total. The second kappa shape index (κ2) is 6.44. The van der Waals surface area contributed by atoms with E-state index in [-0.39, 0.29) is 10.9 Å². The van der Waals surface area contributed by atoms with Gasteiger partial charge in [0.25, 0.3) is 0 Å². The lowest BCUT2D eigenvalue weighted by atomic mass is 9.81. The lowest BCUT2D eigenvalue weighted by Gasteiger charge is -2.28. The fourth-order valence-electron chi connectivity index (χ4n) is 1.89. The van der Waals surface area contributed by atoms with E-state index < -0.39 is 5.41 Å². The van der Waals surface area contributed by atoms with Gasteiger partial charge >= 0.3 is 0 Å². The quantitative estimate of drug-likeness (QED) is 0.770. The van der Waals surface area contributed by atoms with E-state index in [0.29, 0.717) is 19.4 Å². The van der Waals surface area contributed by atoms with E-state index in [1.807, 2.05) is 26.0 Å². The van der Waals surface area contributed by atoms with Gasteiger partial charge in [0.2, 0.25) is 5.91 Å². The summed E-state index contributed by atoms with van der Waals surface area (Å²) in [6, 6.07) is 3.75. The second-order valence-electron chi connectivity index (χ2n) is 4.20. The zero-order valence-corrected chi connectivity index (χ0v) is 11.6. The summed E-state index contributed by atoms with van der Waals surface area (Å²) < 4.78 is 0. The standard InChI is InChI=1S/C13H19N3OS/c1-3-13(4-2,11(14)18)12(17)16-9-10-6-5-7-15-8-10/h5-8H,3-4,9H2,1-2H3,(H2,14,18)(H,16,17). The van der Waals surface area contributed by atoms with Crippen LogP contribution in [0, 0.1) is 5.41 Å². The predicted octanol–water partition coefficient (Wildman–Crippen LogP) is 1.79. The van der Waals surface area contributed by atoms with E-state index in [0.717, 1.165) is 5.56 Å². The molecular formula is C13H19N3OS. The van der Waals surface area contributed by atoms with Crippen LogP contribution in [-0.4, -0.2) is 15.9 Å². The number of hydrogen-bond donors (Lipinski definition) is 2. The maximum atomic E-state index is 12.2.